The van der Waals surface area contributed by atoms with Crippen molar-refractivity contribution >= 4 is 21.8 Å². The van der Waals surface area contributed by atoms with Gasteiger partial charge in [0.15, 0.2) is 0 Å². The van der Waals surface area contributed by atoms with E-state index in [1.165, 1.54) is 0 Å². The Kier molecular flexibility index (Phi) is 5.14. The van der Waals surface area contributed by atoms with Crippen molar-refractivity contribution in [3.05, 3.63) is 15.9 Å². The monoisotopic (exact) mass is 302 g/mol. The molecule has 0 aliphatic heterocycles. The molecule has 1 heterocycles. The maximum atomic E-state index is 11.4. The molecule has 1 amide bonds. The highest BCUT2D eigenvalue weighted by Crippen LogP contribution is 2.21. The molecule has 6 heteroatoms. The highest BCUT2D eigenvalue weighted by atomic mass is 79.9. The summed E-state index contributed by atoms with van der Waals surface area (Å²) in [6, 6.07) is 0. The van der Waals surface area contributed by atoms with E-state index in [-0.39, 0.29) is 5.91 Å². The molecule has 0 aliphatic rings. The van der Waals surface area contributed by atoms with Gasteiger partial charge in [0, 0.05) is 20.1 Å². The Balaban J connectivity index is 2.62. The summed E-state index contributed by atoms with van der Waals surface area (Å²) in [6.45, 7) is 5.62. The fraction of sp³-hybridized carbons (Fsp3) is 0.636. The van der Waals surface area contributed by atoms with Crippen LogP contribution in [0.4, 0.5) is 0 Å². The lowest BCUT2D eigenvalue weighted by molar-refractivity contribution is -0.121. The second-order valence-electron chi connectivity index (χ2n) is 4.10. The normalized spacial score (nSPS) is 10.9. The first kappa shape index (κ1) is 14.2. The van der Waals surface area contributed by atoms with E-state index in [4.69, 9.17) is 0 Å². The number of nitrogens with one attached hydrogen (secondary N) is 1. The van der Waals surface area contributed by atoms with Crippen LogP contribution in [0.1, 0.15) is 18.3 Å². The van der Waals surface area contributed by atoms with Crippen molar-refractivity contribution < 1.29 is 4.79 Å². The summed E-state index contributed by atoms with van der Waals surface area (Å²) < 4.78 is 2.86. The molecule has 5 nitrogen and oxygen atoms in total. The van der Waals surface area contributed by atoms with Crippen LogP contribution in [0.5, 0.6) is 0 Å². The van der Waals surface area contributed by atoms with E-state index in [0.29, 0.717) is 19.6 Å². The van der Waals surface area contributed by atoms with Crippen LogP contribution in [0.25, 0.3) is 0 Å². The summed E-state index contributed by atoms with van der Waals surface area (Å²) in [4.78, 5) is 13.4. The molecule has 17 heavy (non-hydrogen) atoms. The first-order valence-corrected chi connectivity index (χ1v) is 6.38. The molecule has 0 aromatic carbocycles. The third kappa shape index (κ3) is 3.81. The average molecular weight is 303 g/mol. The number of carbonyl (C=O) groups is 1. The van der Waals surface area contributed by atoms with Gasteiger partial charge in [-0.2, -0.15) is 5.10 Å². The fourth-order valence-electron chi connectivity index (χ4n) is 1.66. The van der Waals surface area contributed by atoms with Crippen LogP contribution in [-0.4, -0.2) is 40.7 Å². The predicted molar refractivity (Wildman–Crippen MR) is 70.7 cm³/mol. The number of hydrogen-bond donors (Lipinski definition) is 1. The lowest BCUT2D eigenvalue weighted by Crippen LogP contribution is -2.35. The first-order chi connectivity index (χ1) is 7.95. The van der Waals surface area contributed by atoms with Crippen molar-refractivity contribution in [3.63, 3.8) is 0 Å². The third-order valence-corrected chi connectivity index (χ3v) is 3.50. The zero-order valence-electron chi connectivity index (χ0n) is 10.7. The molecule has 0 spiro atoms. The van der Waals surface area contributed by atoms with E-state index in [1.54, 1.807) is 0 Å². The molecule has 0 atom stereocenters. The van der Waals surface area contributed by atoms with Gasteiger partial charge in [-0.05, 0) is 36.8 Å². The second kappa shape index (κ2) is 6.16. The molecule has 0 radical (unpaired) electrons. The van der Waals surface area contributed by atoms with E-state index in [1.807, 2.05) is 37.5 Å². The summed E-state index contributed by atoms with van der Waals surface area (Å²) in [5, 5.41) is 7.10. The molecule has 0 unspecified atom stereocenters. The smallest absolute Gasteiger partial charge is 0.234 e. The molecule has 0 saturated carbocycles. The molecule has 1 N–H and O–H groups in total. The standard InChI is InChI=1S/C11H19BrN4O/c1-5-13-10(17)7-15(3)6-9-11(12)8(2)14-16(9)4/h5-7H2,1-4H3,(H,13,17). The van der Waals surface area contributed by atoms with Gasteiger partial charge in [-0.1, -0.05) is 0 Å². The minimum atomic E-state index is 0.0463. The van der Waals surface area contributed by atoms with Crippen LogP contribution in [0.3, 0.4) is 0 Å². The molecule has 1 rings (SSSR count). The number of aromatic nitrogens is 2. The maximum absolute atomic E-state index is 11.4. The van der Waals surface area contributed by atoms with Gasteiger partial charge in [-0.25, -0.2) is 0 Å². The topological polar surface area (TPSA) is 50.2 Å². The van der Waals surface area contributed by atoms with Gasteiger partial charge in [0.1, 0.15) is 0 Å². The van der Waals surface area contributed by atoms with Crippen LogP contribution in [-0.2, 0) is 18.4 Å². The minimum absolute atomic E-state index is 0.0463. The Hall–Kier alpha value is -0.880. The van der Waals surface area contributed by atoms with Gasteiger partial charge in [0.05, 0.1) is 22.4 Å². The number of likely N-dealkylation sites (N-methyl/N-ethyl adjacent to an activating group) is 2. The van der Waals surface area contributed by atoms with Crippen LogP contribution < -0.4 is 5.32 Å². The fourth-order valence-corrected chi connectivity index (χ4v) is 2.12. The number of nitrogens with zero attached hydrogens (tertiary/aromatic N) is 3. The SMILES string of the molecule is CCNC(=O)CN(C)Cc1c(Br)c(C)nn1C. The second-order valence-corrected chi connectivity index (χ2v) is 4.89. The summed E-state index contributed by atoms with van der Waals surface area (Å²) in [5.41, 5.74) is 2.04. The first-order valence-electron chi connectivity index (χ1n) is 5.58. The molecule has 1 aromatic heterocycles. The number of carbonyl (C=O) groups excluding carboxylic acids is 1. The van der Waals surface area contributed by atoms with Crippen molar-refractivity contribution in [2.75, 3.05) is 20.1 Å². The number of rotatable bonds is 5. The molecular weight excluding hydrogens is 284 g/mol. The van der Waals surface area contributed by atoms with Crippen molar-refractivity contribution in [1.29, 1.82) is 0 Å². The van der Waals surface area contributed by atoms with Crippen LogP contribution in [0, 0.1) is 6.92 Å². The Morgan fingerprint density at radius 2 is 2.24 bits per heavy atom. The van der Waals surface area contributed by atoms with E-state index in [0.717, 1.165) is 15.9 Å². The number of aryl methyl sites for hydroxylation is 2. The summed E-state index contributed by atoms with van der Waals surface area (Å²) in [6.07, 6.45) is 0. The van der Waals surface area contributed by atoms with Crippen LogP contribution in [0.15, 0.2) is 4.47 Å². The van der Waals surface area contributed by atoms with Crippen molar-refractivity contribution in [2.24, 2.45) is 7.05 Å². The largest absolute Gasteiger partial charge is 0.355 e. The number of hydrogen-bond acceptors (Lipinski definition) is 3. The Morgan fingerprint density at radius 3 is 2.71 bits per heavy atom. The zero-order valence-corrected chi connectivity index (χ0v) is 12.3. The highest BCUT2D eigenvalue weighted by molar-refractivity contribution is 9.10. The molecule has 1 aromatic rings. The minimum Gasteiger partial charge on any atom is -0.355 e. The quantitative estimate of drug-likeness (QED) is 0.885. The van der Waals surface area contributed by atoms with E-state index >= 15 is 0 Å². The highest BCUT2D eigenvalue weighted by Gasteiger charge is 2.14. The van der Waals surface area contributed by atoms with Crippen molar-refractivity contribution in [2.45, 2.75) is 20.4 Å². The van der Waals surface area contributed by atoms with Gasteiger partial charge in [-0.15, -0.1) is 0 Å². The van der Waals surface area contributed by atoms with Crippen molar-refractivity contribution in [3.8, 4) is 0 Å². The number of halogens is 1. The molecule has 0 bridgehead atoms. The van der Waals surface area contributed by atoms with Gasteiger partial charge < -0.3 is 5.32 Å². The van der Waals surface area contributed by atoms with Gasteiger partial charge in [-0.3, -0.25) is 14.4 Å². The molecule has 0 fully saturated rings. The van der Waals surface area contributed by atoms with Gasteiger partial charge in [0.2, 0.25) is 5.91 Å². The van der Waals surface area contributed by atoms with E-state index in [9.17, 15) is 4.79 Å². The molecule has 96 valence electrons. The Labute approximate surface area is 110 Å². The van der Waals surface area contributed by atoms with E-state index < -0.39 is 0 Å². The Morgan fingerprint density at radius 1 is 1.59 bits per heavy atom. The molecule has 0 aliphatic carbocycles. The van der Waals surface area contributed by atoms with Crippen LogP contribution in [0.2, 0.25) is 0 Å². The van der Waals surface area contributed by atoms with E-state index in [2.05, 4.69) is 26.3 Å². The third-order valence-electron chi connectivity index (χ3n) is 2.47. The number of amides is 1. The lowest BCUT2D eigenvalue weighted by atomic mass is 10.3. The Bertz CT molecular complexity index is 402. The summed E-state index contributed by atoms with van der Waals surface area (Å²) >= 11 is 3.52. The van der Waals surface area contributed by atoms with Gasteiger partial charge >= 0.3 is 0 Å². The van der Waals surface area contributed by atoms with Gasteiger partial charge in [0.25, 0.3) is 0 Å². The zero-order chi connectivity index (χ0) is 13.0. The molecule has 0 saturated heterocycles. The lowest BCUT2D eigenvalue weighted by Gasteiger charge is -2.16. The van der Waals surface area contributed by atoms with Crippen molar-refractivity contribution in [1.82, 2.24) is 20.0 Å². The predicted octanol–water partition coefficient (Wildman–Crippen LogP) is 1.06. The van der Waals surface area contributed by atoms with Crippen LogP contribution >= 0.6 is 15.9 Å². The summed E-state index contributed by atoms with van der Waals surface area (Å²) in [7, 11) is 3.83. The average Bonchev–Trinajstić information content (AvgIpc) is 2.45. The maximum Gasteiger partial charge on any atom is 0.234 e. The molecular formula is C11H19BrN4O. The summed E-state index contributed by atoms with van der Waals surface area (Å²) in [5.74, 6) is 0.0463.